The molecule has 9 nitrogen and oxygen atoms in total. The van der Waals surface area contributed by atoms with Crippen LogP contribution in [0.3, 0.4) is 0 Å². The minimum atomic E-state index is -1.24. The van der Waals surface area contributed by atoms with Gasteiger partial charge in [-0.3, -0.25) is 14.9 Å². The molecular formula is C16H20N2O7. The van der Waals surface area contributed by atoms with E-state index in [0.29, 0.717) is 6.42 Å². The molecule has 0 saturated carbocycles. The molecule has 2 N–H and O–H groups in total. The van der Waals surface area contributed by atoms with Gasteiger partial charge in [0.05, 0.1) is 24.7 Å². The van der Waals surface area contributed by atoms with Gasteiger partial charge in [0.1, 0.15) is 11.6 Å². The van der Waals surface area contributed by atoms with Crippen LogP contribution in [0.25, 0.3) is 0 Å². The molecular weight excluding hydrogens is 332 g/mol. The lowest BCUT2D eigenvalue weighted by Crippen LogP contribution is -2.40. The summed E-state index contributed by atoms with van der Waals surface area (Å²) < 4.78 is 10.3. The molecule has 0 bridgehead atoms. The molecule has 0 fully saturated rings. The third kappa shape index (κ3) is 5.20. The Kier molecular flexibility index (Phi) is 7.39. The number of nitrogens with one attached hydrogen (secondary N) is 1. The minimum absolute atomic E-state index is 0.103. The number of rotatable bonds is 10. The molecule has 0 heterocycles. The van der Waals surface area contributed by atoms with Crippen LogP contribution in [-0.4, -0.2) is 41.7 Å². The second-order valence-electron chi connectivity index (χ2n) is 4.94. The van der Waals surface area contributed by atoms with Gasteiger partial charge in [-0.25, -0.2) is 4.79 Å². The van der Waals surface area contributed by atoms with E-state index in [1.54, 1.807) is 6.92 Å². The number of benzene rings is 1. The summed E-state index contributed by atoms with van der Waals surface area (Å²) in [6.45, 7) is 5.45. The summed E-state index contributed by atoms with van der Waals surface area (Å²) >= 11 is 0. The highest BCUT2D eigenvalue weighted by atomic mass is 16.6. The molecule has 0 saturated heterocycles. The molecule has 9 heteroatoms. The zero-order chi connectivity index (χ0) is 19.0. The van der Waals surface area contributed by atoms with Crippen molar-refractivity contribution in [2.24, 2.45) is 0 Å². The number of nitro groups is 1. The van der Waals surface area contributed by atoms with Crippen molar-refractivity contribution in [3.63, 3.8) is 0 Å². The highest BCUT2D eigenvalue weighted by Crippen LogP contribution is 2.34. The number of nitrogens with zero attached hydrogens (tertiary/aromatic N) is 1. The van der Waals surface area contributed by atoms with E-state index < -0.39 is 28.5 Å². The molecule has 1 aromatic carbocycles. The van der Waals surface area contributed by atoms with Gasteiger partial charge in [-0.15, -0.1) is 6.58 Å². The summed E-state index contributed by atoms with van der Waals surface area (Å²) in [4.78, 5) is 34.1. The minimum Gasteiger partial charge on any atom is -0.493 e. The smallest absolute Gasteiger partial charge is 0.326 e. The SMILES string of the molecule is C=CCCC(NC(=O)c1cc(OCC)c(OC)cc1[N+](=O)[O-])C(=O)O. The van der Waals surface area contributed by atoms with Crippen molar-refractivity contribution >= 4 is 17.6 Å². The van der Waals surface area contributed by atoms with Crippen molar-refractivity contribution in [2.75, 3.05) is 13.7 Å². The first kappa shape index (κ1) is 19.9. The number of hydrogen-bond acceptors (Lipinski definition) is 6. The molecule has 0 aliphatic heterocycles. The lowest BCUT2D eigenvalue weighted by atomic mass is 10.1. The monoisotopic (exact) mass is 352 g/mol. The fourth-order valence-electron chi connectivity index (χ4n) is 2.09. The maximum atomic E-state index is 12.4. The van der Waals surface area contributed by atoms with Crippen LogP contribution in [-0.2, 0) is 4.79 Å². The lowest BCUT2D eigenvalue weighted by molar-refractivity contribution is -0.385. The van der Waals surface area contributed by atoms with Crippen molar-refractivity contribution < 1.29 is 29.1 Å². The van der Waals surface area contributed by atoms with E-state index >= 15 is 0 Å². The fourth-order valence-corrected chi connectivity index (χ4v) is 2.09. The van der Waals surface area contributed by atoms with E-state index in [4.69, 9.17) is 14.6 Å². The third-order valence-corrected chi connectivity index (χ3v) is 3.29. The Bertz CT molecular complexity index is 673. The van der Waals surface area contributed by atoms with E-state index in [1.165, 1.54) is 19.3 Å². The molecule has 1 rings (SSSR count). The number of hydrogen-bond donors (Lipinski definition) is 2. The molecule has 1 amide bonds. The number of aliphatic carboxylic acids is 1. The summed E-state index contributed by atoms with van der Waals surface area (Å²) in [5.74, 6) is -1.87. The van der Waals surface area contributed by atoms with Crippen LogP contribution in [0.1, 0.15) is 30.1 Å². The molecule has 25 heavy (non-hydrogen) atoms. The Balaban J connectivity index is 3.25. The number of nitro benzene ring substituents is 1. The van der Waals surface area contributed by atoms with E-state index in [2.05, 4.69) is 11.9 Å². The average molecular weight is 352 g/mol. The Hall–Kier alpha value is -3.10. The molecule has 1 atom stereocenters. The fraction of sp³-hybridized carbons (Fsp3) is 0.375. The van der Waals surface area contributed by atoms with Gasteiger partial charge in [0.25, 0.3) is 11.6 Å². The molecule has 1 aromatic rings. The van der Waals surface area contributed by atoms with Gasteiger partial charge in [0.15, 0.2) is 11.5 Å². The molecule has 0 aliphatic rings. The van der Waals surface area contributed by atoms with Crippen molar-refractivity contribution in [3.8, 4) is 11.5 Å². The Morgan fingerprint density at radius 1 is 1.44 bits per heavy atom. The van der Waals surface area contributed by atoms with Gasteiger partial charge in [-0.1, -0.05) is 6.08 Å². The molecule has 0 aromatic heterocycles. The van der Waals surface area contributed by atoms with Gasteiger partial charge in [0, 0.05) is 6.07 Å². The van der Waals surface area contributed by atoms with Gasteiger partial charge in [-0.05, 0) is 19.8 Å². The first-order valence-corrected chi connectivity index (χ1v) is 7.49. The van der Waals surface area contributed by atoms with Crippen LogP contribution >= 0.6 is 0 Å². The summed E-state index contributed by atoms with van der Waals surface area (Å²) in [5.41, 5.74) is -0.815. The van der Waals surface area contributed by atoms with Crippen LogP contribution in [0.5, 0.6) is 11.5 Å². The highest BCUT2D eigenvalue weighted by Gasteiger charge is 2.27. The number of carbonyl (C=O) groups excluding carboxylic acids is 1. The quantitative estimate of drug-likeness (QED) is 0.375. The Morgan fingerprint density at radius 3 is 2.60 bits per heavy atom. The summed E-state index contributed by atoms with van der Waals surface area (Å²) in [5, 5.41) is 22.7. The van der Waals surface area contributed by atoms with Crippen LogP contribution < -0.4 is 14.8 Å². The van der Waals surface area contributed by atoms with Crippen molar-refractivity contribution in [2.45, 2.75) is 25.8 Å². The first-order chi connectivity index (χ1) is 11.8. The first-order valence-electron chi connectivity index (χ1n) is 7.49. The number of allylic oxidation sites excluding steroid dienone is 1. The number of amides is 1. The number of carboxylic acid groups (broad SMARTS) is 1. The zero-order valence-electron chi connectivity index (χ0n) is 14.0. The van der Waals surface area contributed by atoms with Gasteiger partial charge < -0.3 is 19.9 Å². The van der Waals surface area contributed by atoms with Crippen LogP contribution in [0.2, 0.25) is 0 Å². The lowest BCUT2D eigenvalue weighted by Gasteiger charge is -2.15. The van der Waals surface area contributed by atoms with E-state index in [-0.39, 0.29) is 30.1 Å². The van der Waals surface area contributed by atoms with Crippen LogP contribution in [0.4, 0.5) is 5.69 Å². The maximum absolute atomic E-state index is 12.4. The highest BCUT2D eigenvalue weighted by molar-refractivity contribution is 6.00. The summed E-state index contributed by atoms with van der Waals surface area (Å²) in [6.07, 6.45) is 2.00. The topological polar surface area (TPSA) is 128 Å². The molecule has 1 unspecified atom stereocenters. The third-order valence-electron chi connectivity index (χ3n) is 3.29. The van der Waals surface area contributed by atoms with Crippen LogP contribution in [0, 0.1) is 10.1 Å². The largest absolute Gasteiger partial charge is 0.493 e. The van der Waals surface area contributed by atoms with Crippen LogP contribution in [0.15, 0.2) is 24.8 Å². The second-order valence-corrected chi connectivity index (χ2v) is 4.94. The number of methoxy groups -OCH3 is 1. The normalized spacial score (nSPS) is 11.3. The number of carboxylic acids is 1. The number of carbonyl (C=O) groups is 2. The van der Waals surface area contributed by atoms with Gasteiger partial charge in [0.2, 0.25) is 0 Å². The molecule has 0 spiro atoms. The Morgan fingerprint density at radius 2 is 2.12 bits per heavy atom. The van der Waals surface area contributed by atoms with E-state index in [9.17, 15) is 19.7 Å². The predicted octanol–water partition coefficient (Wildman–Crippen LogP) is 2.15. The predicted molar refractivity (Wildman–Crippen MR) is 89.1 cm³/mol. The van der Waals surface area contributed by atoms with Crippen molar-refractivity contribution in [1.82, 2.24) is 5.32 Å². The summed E-state index contributed by atoms with van der Waals surface area (Å²) in [7, 11) is 1.32. The van der Waals surface area contributed by atoms with E-state index in [0.717, 1.165) is 6.07 Å². The maximum Gasteiger partial charge on any atom is 0.326 e. The Labute approximate surface area is 144 Å². The second kappa shape index (κ2) is 9.26. The standard InChI is InChI=1S/C16H20N2O7/c1-4-6-7-11(16(20)21)17-15(19)10-8-14(25-5-2)13(24-3)9-12(10)18(22)23/h4,8-9,11H,1,5-7H2,2-3H3,(H,17,19)(H,20,21). The average Bonchev–Trinajstić information content (AvgIpc) is 2.57. The molecule has 0 aliphatic carbocycles. The number of ether oxygens (including phenoxy) is 2. The van der Waals surface area contributed by atoms with Crippen molar-refractivity contribution in [3.05, 3.63) is 40.5 Å². The van der Waals surface area contributed by atoms with E-state index in [1.807, 2.05) is 0 Å². The van der Waals surface area contributed by atoms with Crippen molar-refractivity contribution in [1.29, 1.82) is 0 Å². The zero-order valence-corrected chi connectivity index (χ0v) is 14.0. The van der Waals surface area contributed by atoms with Gasteiger partial charge >= 0.3 is 5.97 Å². The van der Waals surface area contributed by atoms with Gasteiger partial charge in [-0.2, -0.15) is 0 Å². The summed E-state index contributed by atoms with van der Waals surface area (Å²) in [6, 6.07) is 1.05. The molecule has 0 radical (unpaired) electrons. The molecule has 136 valence electrons.